The first kappa shape index (κ1) is 16.0. The molecule has 0 saturated heterocycles. The SMILES string of the molecule is CCOc1ccc(C2=NC(C(=O)OCc3ccsc3)=C=C=C2)cc1. The van der Waals surface area contributed by atoms with Crippen molar-refractivity contribution >= 4 is 23.0 Å². The molecule has 120 valence electrons. The lowest BCUT2D eigenvalue weighted by Crippen LogP contribution is -2.09. The van der Waals surface area contributed by atoms with Crippen LogP contribution in [0.3, 0.4) is 0 Å². The van der Waals surface area contributed by atoms with Gasteiger partial charge in [0.05, 0.1) is 12.3 Å². The molecule has 24 heavy (non-hydrogen) atoms. The van der Waals surface area contributed by atoms with Crippen molar-refractivity contribution in [3.05, 3.63) is 75.5 Å². The molecule has 0 saturated carbocycles. The van der Waals surface area contributed by atoms with Crippen LogP contribution in [0.4, 0.5) is 0 Å². The summed E-state index contributed by atoms with van der Waals surface area (Å²) in [7, 11) is 0. The zero-order chi connectivity index (χ0) is 16.8. The Bertz CT molecular complexity index is 851. The topological polar surface area (TPSA) is 47.9 Å². The Morgan fingerprint density at radius 2 is 2.08 bits per heavy atom. The van der Waals surface area contributed by atoms with E-state index in [4.69, 9.17) is 9.47 Å². The number of benzene rings is 1. The molecule has 0 atom stereocenters. The molecule has 3 rings (SSSR count). The van der Waals surface area contributed by atoms with Gasteiger partial charge in [0.1, 0.15) is 12.4 Å². The molecule has 0 amide bonds. The summed E-state index contributed by atoms with van der Waals surface area (Å²) in [6, 6.07) is 9.43. The van der Waals surface area contributed by atoms with Gasteiger partial charge in [-0.25, -0.2) is 9.79 Å². The normalized spacial score (nSPS) is 12.5. The number of nitrogens with zero attached hydrogens (tertiary/aromatic N) is 1. The average Bonchev–Trinajstić information content (AvgIpc) is 3.14. The van der Waals surface area contributed by atoms with E-state index in [1.807, 2.05) is 48.0 Å². The summed E-state index contributed by atoms with van der Waals surface area (Å²) in [5, 5.41) is 3.88. The Morgan fingerprint density at radius 1 is 1.25 bits per heavy atom. The fraction of sp³-hybridized carbons (Fsp3) is 0.158. The summed E-state index contributed by atoms with van der Waals surface area (Å²) >= 11 is 1.56. The smallest absolute Gasteiger partial charge is 0.366 e. The predicted octanol–water partition coefficient (Wildman–Crippen LogP) is 3.89. The standard InChI is InChI=1S/C19H15NO3S/c1-2-22-16-8-6-15(7-9-16)17-4-3-5-18(20-17)19(21)23-12-14-10-11-24-13-14/h4,6-11,13H,2,12H2,1H3. The van der Waals surface area contributed by atoms with Crippen LogP contribution in [0.25, 0.3) is 0 Å². The molecule has 2 aromatic rings. The molecule has 2 heterocycles. The highest BCUT2D eigenvalue weighted by Crippen LogP contribution is 2.16. The van der Waals surface area contributed by atoms with E-state index in [-0.39, 0.29) is 12.3 Å². The number of carbonyl (C=O) groups is 1. The first-order valence-corrected chi connectivity index (χ1v) is 8.42. The molecule has 1 aromatic carbocycles. The number of thiophene rings is 1. The Morgan fingerprint density at radius 3 is 2.79 bits per heavy atom. The van der Waals surface area contributed by atoms with Gasteiger partial charge in [-0.15, -0.1) is 0 Å². The molecule has 0 fully saturated rings. The highest BCUT2D eigenvalue weighted by Gasteiger charge is 2.14. The lowest BCUT2D eigenvalue weighted by molar-refractivity contribution is -0.140. The lowest BCUT2D eigenvalue weighted by Gasteiger charge is -2.07. The third kappa shape index (κ3) is 3.92. The van der Waals surface area contributed by atoms with Gasteiger partial charge in [-0.05, 0) is 53.7 Å². The minimum absolute atomic E-state index is 0.122. The summed E-state index contributed by atoms with van der Waals surface area (Å²) in [4.78, 5) is 16.4. The number of ether oxygens (including phenoxy) is 2. The zero-order valence-electron chi connectivity index (χ0n) is 13.1. The quantitative estimate of drug-likeness (QED) is 0.593. The molecule has 4 nitrogen and oxygen atoms in total. The summed E-state index contributed by atoms with van der Waals surface area (Å²) in [6.07, 6.45) is 1.69. The van der Waals surface area contributed by atoms with Crippen molar-refractivity contribution in [2.75, 3.05) is 6.61 Å². The van der Waals surface area contributed by atoms with Crippen molar-refractivity contribution in [1.82, 2.24) is 0 Å². The second-order valence-corrected chi connectivity index (χ2v) is 5.70. The third-order valence-corrected chi connectivity index (χ3v) is 3.97. The largest absolute Gasteiger partial charge is 0.494 e. The van der Waals surface area contributed by atoms with Crippen molar-refractivity contribution in [2.24, 2.45) is 4.99 Å². The highest BCUT2D eigenvalue weighted by molar-refractivity contribution is 7.07. The summed E-state index contributed by atoms with van der Waals surface area (Å²) in [6.45, 7) is 2.78. The average molecular weight is 337 g/mol. The molecule has 0 bridgehead atoms. The van der Waals surface area contributed by atoms with E-state index < -0.39 is 5.97 Å². The number of hydrogen-bond acceptors (Lipinski definition) is 5. The van der Waals surface area contributed by atoms with Crippen LogP contribution in [-0.4, -0.2) is 18.3 Å². The van der Waals surface area contributed by atoms with Crippen molar-refractivity contribution in [3.8, 4) is 5.75 Å². The maximum absolute atomic E-state index is 12.1. The van der Waals surface area contributed by atoms with E-state index >= 15 is 0 Å². The number of allylic oxidation sites excluding steroid dienone is 1. The van der Waals surface area contributed by atoms with Gasteiger partial charge in [-0.3, -0.25) is 0 Å². The van der Waals surface area contributed by atoms with E-state index in [0.29, 0.717) is 12.3 Å². The van der Waals surface area contributed by atoms with E-state index in [1.54, 1.807) is 17.4 Å². The molecular formula is C19H15NO3S. The van der Waals surface area contributed by atoms with Crippen LogP contribution in [0.1, 0.15) is 18.1 Å². The lowest BCUT2D eigenvalue weighted by atomic mass is 10.1. The van der Waals surface area contributed by atoms with Gasteiger partial charge in [0.15, 0.2) is 5.70 Å². The number of rotatable bonds is 6. The van der Waals surface area contributed by atoms with Crippen LogP contribution in [-0.2, 0) is 16.1 Å². The molecule has 5 heteroatoms. The first-order chi connectivity index (χ1) is 11.8. The summed E-state index contributed by atoms with van der Waals surface area (Å²) < 4.78 is 10.7. The fourth-order valence-corrected chi connectivity index (χ4v) is 2.73. The molecule has 0 unspecified atom stereocenters. The Hall–Kier alpha value is -2.84. The van der Waals surface area contributed by atoms with E-state index in [1.165, 1.54) is 0 Å². The van der Waals surface area contributed by atoms with Gasteiger partial charge in [0.25, 0.3) is 0 Å². The monoisotopic (exact) mass is 337 g/mol. The van der Waals surface area contributed by atoms with Crippen LogP contribution >= 0.6 is 11.3 Å². The van der Waals surface area contributed by atoms with Crippen LogP contribution in [0.5, 0.6) is 5.75 Å². The Labute approximate surface area is 144 Å². The third-order valence-electron chi connectivity index (χ3n) is 3.24. The molecule has 0 spiro atoms. The molecule has 0 aliphatic carbocycles. The fourth-order valence-electron chi connectivity index (χ4n) is 2.08. The van der Waals surface area contributed by atoms with E-state index in [0.717, 1.165) is 16.9 Å². The summed E-state index contributed by atoms with van der Waals surface area (Å²) in [5.74, 6) is 0.286. The maximum atomic E-state index is 12.1. The van der Waals surface area contributed by atoms with Gasteiger partial charge >= 0.3 is 5.97 Å². The number of hydrogen-bond donors (Lipinski definition) is 0. The summed E-state index contributed by atoms with van der Waals surface area (Å²) in [5.41, 5.74) is 8.12. The van der Waals surface area contributed by atoms with Gasteiger partial charge in [-0.2, -0.15) is 11.3 Å². The van der Waals surface area contributed by atoms with Gasteiger partial charge in [0, 0.05) is 17.2 Å². The molecule has 0 N–H and O–H groups in total. The minimum atomic E-state index is -0.509. The second-order valence-electron chi connectivity index (χ2n) is 4.92. The minimum Gasteiger partial charge on any atom is -0.494 e. The molecular weight excluding hydrogens is 322 g/mol. The van der Waals surface area contributed by atoms with Gasteiger partial charge < -0.3 is 9.47 Å². The van der Waals surface area contributed by atoms with Crippen molar-refractivity contribution < 1.29 is 14.3 Å². The number of esters is 1. The molecule has 1 aromatic heterocycles. The number of carbonyl (C=O) groups excluding carboxylic acids is 1. The highest BCUT2D eigenvalue weighted by atomic mass is 32.1. The predicted molar refractivity (Wildman–Crippen MR) is 93.4 cm³/mol. The van der Waals surface area contributed by atoms with Crippen molar-refractivity contribution in [2.45, 2.75) is 13.5 Å². The number of aliphatic imine (C=N–C) groups is 1. The van der Waals surface area contributed by atoms with E-state index in [9.17, 15) is 4.79 Å². The van der Waals surface area contributed by atoms with Gasteiger partial charge in [-0.1, -0.05) is 5.73 Å². The van der Waals surface area contributed by atoms with Crippen LogP contribution in [0.2, 0.25) is 0 Å². The zero-order valence-corrected chi connectivity index (χ0v) is 13.9. The molecule has 0 radical (unpaired) electrons. The maximum Gasteiger partial charge on any atom is 0.366 e. The Balaban J connectivity index is 1.70. The van der Waals surface area contributed by atoms with Crippen LogP contribution in [0.15, 0.2) is 69.3 Å². The van der Waals surface area contributed by atoms with Crippen molar-refractivity contribution in [1.29, 1.82) is 0 Å². The van der Waals surface area contributed by atoms with Crippen LogP contribution < -0.4 is 4.74 Å². The van der Waals surface area contributed by atoms with E-state index in [2.05, 4.69) is 16.5 Å². The van der Waals surface area contributed by atoms with Crippen molar-refractivity contribution in [3.63, 3.8) is 0 Å². The van der Waals surface area contributed by atoms with Gasteiger partial charge in [0.2, 0.25) is 0 Å². The molecule has 1 aliphatic heterocycles. The second kappa shape index (κ2) is 7.62. The molecule has 1 aliphatic rings. The Kier molecular flexibility index (Phi) is 5.09. The van der Waals surface area contributed by atoms with Crippen LogP contribution in [0, 0.1) is 0 Å². The first-order valence-electron chi connectivity index (χ1n) is 7.48.